The van der Waals surface area contributed by atoms with Gasteiger partial charge in [0.25, 0.3) is 0 Å². The largest absolute Gasteiger partial charge is 0.355 e. The minimum absolute atomic E-state index is 0.131. The number of benzene rings is 1. The zero-order valence-corrected chi connectivity index (χ0v) is 14.6. The highest BCUT2D eigenvalue weighted by atomic mass is 35.5. The fourth-order valence-corrected chi connectivity index (χ4v) is 2.98. The van der Waals surface area contributed by atoms with Crippen molar-refractivity contribution in [1.29, 1.82) is 0 Å². The van der Waals surface area contributed by atoms with Crippen LogP contribution in [-0.2, 0) is 21.2 Å². The highest BCUT2D eigenvalue weighted by Gasteiger charge is 2.19. The van der Waals surface area contributed by atoms with E-state index in [1.165, 1.54) is 4.31 Å². The summed E-state index contributed by atoms with van der Waals surface area (Å²) in [5, 5.41) is 3.40. The summed E-state index contributed by atoms with van der Waals surface area (Å²) < 4.78 is 24.5. The van der Waals surface area contributed by atoms with Gasteiger partial charge < -0.3 is 5.32 Å². The van der Waals surface area contributed by atoms with Crippen LogP contribution in [0.5, 0.6) is 0 Å². The lowest BCUT2D eigenvalue weighted by Gasteiger charge is -2.19. The van der Waals surface area contributed by atoms with E-state index in [4.69, 9.17) is 11.6 Å². The van der Waals surface area contributed by atoms with E-state index in [1.807, 2.05) is 25.1 Å². The maximum Gasteiger partial charge on any atom is 0.235 e. The minimum Gasteiger partial charge on any atom is -0.355 e. The number of carbonyl (C=O) groups is 1. The predicted molar refractivity (Wildman–Crippen MR) is 89.5 cm³/mol. The van der Waals surface area contributed by atoms with Crippen LogP contribution in [0, 0.1) is 0 Å². The summed E-state index contributed by atoms with van der Waals surface area (Å²) in [6, 6.07) is 7.43. The van der Waals surface area contributed by atoms with Gasteiger partial charge in [0.2, 0.25) is 15.9 Å². The average Bonchev–Trinajstić information content (AvgIpc) is 2.42. The van der Waals surface area contributed by atoms with Gasteiger partial charge >= 0.3 is 0 Å². The number of hydrogen-bond donors (Lipinski definition) is 1. The van der Waals surface area contributed by atoms with E-state index >= 15 is 0 Å². The quantitative estimate of drug-likeness (QED) is 0.744. The minimum atomic E-state index is -3.36. The summed E-state index contributed by atoms with van der Waals surface area (Å²) in [5.41, 5.74) is 1.03. The van der Waals surface area contributed by atoms with Gasteiger partial charge in [-0.15, -0.1) is 0 Å². The molecule has 0 bridgehead atoms. The van der Waals surface area contributed by atoms with Crippen LogP contribution in [0.1, 0.15) is 25.3 Å². The third-order valence-electron chi connectivity index (χ3n) is 3.17. The Kier molecular flexibility index (Phi) is 7.85. The molecule has 0 saturated carbocycles. The molecule has 0 aliphatic carbocycles. The Bertz CT molecular complexity index is 590. The average molecular weight is 347 g/mol. The molecule has 1 N–H and O–H groups in total. The van der Waals surface area contributed by atoms with Crippen molar-refractivity contribution in [3.63, 3.8) is 0 Å². The molecule has 0 aromatic heterocycles. The fraction of sp³-hybridized carbons (Fsp3) is 0.533. The van der Waals surface area contributed by atoms with Gasteiger partial charge in [-0.25, -0.2) is 8.42 Å². The summed E-state index contributed by atoms with van der Waals surface area (Å²) >= 11 is 5.89. The van der Waals surface area contributed by atoms with Crippen LogP contribution in [0.15, 0.2) is 24.3 Å². The molecule has 0 unspecified atom stereocenters. The summed E-state index contributed by atoms with van der Waals surface area (Å²) in [6.07, 6.45) is 3.40. The molecule has 0 saturated heterocycles. The van der Waals surface area contributed by atoms with Crippen LogP contribution in [0.25, 0.3) is 0 Å². The van der Waals surface area contributed by atoms with E-state index in [0.717, 1.165) is 24.7 Å². The first-order valence-corrected chi connectivity index (χ1v) is 9.52. The molecular weight excluding hydrogens is 324 g/mol. The standard InChI is InChI=1S/C15H23ClN2O3S/c1-3-4-10-18(22(2,20)21)12-15(19)17-9-8-13-6-5-7-14(16)11-13/h5-7,11H,3-4,8-10,12H2,1-2H3,(H,17,19). The fourth-order valence-electron chi connectivity index (χ4n) is 1.95. The number of carbonyl (C=O) groups excluding carboxylic acids is 1. The van der Waals surface area contributed by atoms with Crippen LogP contribution in [0.4, 0.5) is 0 Å². The van der Waals surface area contributed by atoms with E-state index in [2.05, 4.69) is 5.32 Å². The Morgan fingerprint density at radius 1 is 1.36 bits per heavy atom. The van der Waals surface area contributed by atoms with Crippen molar-refractivity contribution in [2.24, 2.45) is 0 Å². The Labute approximate surface area is 137 Å². The number of hydrogen-bond acceptors (Lipinski definition) is 3. The molecular formula is C15H23ClN2O3S. The molecule has 0 aliphatic heterocycles. The van der Waals surface area contributed by atoms with E-state index in [-0.39, 0.29) is 12.5 Å². The number of rotatable bonds is 9. The third kappa shape index (κ3) is 7.24. The lowest BCUT2D eigenvalue weighted by molar-refractivity contribution is -0.121. The normalized spacial score (nSPS) is 11.6. The molecule has 7 heteroatoms. The van der Waals surface area contributed by atoms with Gasteiger partial charge in [0, 0.05) is 18.1 Å². The number of amides is 1. The van der Waals surface area contributed by atoms with Crippen LogP contribution in [0.2, 0.25) is 5.02 Å². The summed E-state index contributed by atoms with van der Waals surface area (Å²) in [7, 11) is -3.36. The summed E-state index contributed by atoms with van der Waals surface area (Å²) in [5.74, 6) is -0.288. The zero-order chi connectivity index (χ0) is 16.6. The van der Waals surface area contributed by atoms with Crippen LogP contribution < -0.4 is 5.32 Å². The lowest BCUT2D eigenvalue weighted by Crippen LogP contribution is -2.41. The van der Waals surface area contributed by atoms with Crippen LogP contribution in [-0.4, -0.2) is 44.5 Å². The van der Waals surface area contributed by atoms with Gasteiger partial charge in [0.05, 0.1) is 12.8 Å². The van der Waals surface area contributed by atoms with E-state index < -0.39 is 10.0 Å². The van der Waals surface area contributed by atoms with Gasteiger partial charge in [-0.1, -0.05) is 37.1 Å². The molecule has 5 nitrogen and oxygen atoms in total. The Hall–Kier alpha value is -1.11. The first-order valence-electron chi connectivity index (χ1n) is 7.29. The molecule has 0 spiro atoms. The van der Waals surface area contributed by atoms with E-state index in [0.29, 0.717) is 24.5 Å². The second-order valence-corrected chi connectivity index (χ2v) is 7.60. The molecule has 1 amide bonds. The summed E-state index contributed by atoms with van der Waals surface area (Å²) in [6.45, 7) is 2.67. The van der Waals surface area contributed by atoms with E-state index in [9.17, 15) is 13.2 Å². The highest BCUT2D eigenvalue weighted by molar-refractivity contribution is 7.88. The van der Waals surface area contributed by atoms with Crippen molar-refractivity contribution in [1.82, 2.24) is 9.62 Å². The molecule has 124 valence electrons. The molecule has 0 aliphatic rings. The first kappa shape index (κ1) is 18.9. The number of halogens is 1. The zero-order valence-electron chi connectivity index (χ0n) is 13.0. The molecule has 0 radical (unpaired) electrons. The topological polar surface area (TPSA) is 66.5 Å². The van der Waals surface area contributed by atoms with E-state index in [1.54, 1.807) is 6.07 Å². The molecule has 1 rings (SSSR count). The number of unbranched alkanes of at least 4 members (excludes halogenated alkanes) is 1. The third-order valence-corrected chi connectivity index (χ3v) is 4.66. The van der Waals surface area contributed by atoms with Gasteiger partial charge in [-0.05, 0) is 30.5 Å². The molecule has 0 atom stereocenters. The van der Waals surface area contributed by atoms with Gasteiger partial charge in [0.1, 0.15) is 0 Å². The SMILES string of the molecule is CCCCN(CC(=O)NCCc1cccc(Cl)c1)S(C)(=O)=O. The van der Waals surface area contributed by atoms with Crippen molar-refractivity contribution in [3.8, 4) is 0 Å². The highest BCUT2D eigenvalue weighted by Crippen LogP contribution is 2.10. The number of sulfonamides is 1. The van der Waals surface area contributed by atoms with Crippen LogP contribution in [0.3, 0.4) is 0 Å². The molecule has 1 aromatic carbocycles. The first-order chi connectivity index (χ1) is 10.3. The van der Waals surface area contributed by atoms with Gasteiger partial charge in [-0.3, -0.25) is 4.79 Å². The van der Waals surface area contributed by atoms with Crippen molar-refractivity contribution in [3.05, 3.63) is 34.9 Å². The predicted octanol–water partition coefficient (Wildman–Crippen LogP) is 2.06. The van der Waals surface area contributed by atoms with Crippen molar-refractivity contribution in [2.75, 3.05) is 25.9 Å². The monoisotopic (exact) mass is 346 g/mol. The lowest BCUT2D eigenvalue weighted by atomic mass is 10.1. The molecule has 22 heavy (non-hydrogen) atoms. The molecule has 0 heterocycles. The van der Waals surface area contributed by atoms with Crippen molar-refractivity contribution < 1.29 is 13.2 Å². The second kappa shape index (κ2) is 9.12. The number of nitrogens with zero attached hydrogens (tertiary/aromatic N) is 1. The van der Waals surface area contributed by atoms with Crippen molar-refractivity contribution >= 4 is 27.5 Å². The number of nitrogens with one attached hydrogen (secondary N) is 1. The molecule has 1 aromatic rings. The Morgan fingerprint density at radius 3 is 2.68 bits per heavy atom. The van der Waals surface area contributed by atoms with Crippen LogP contribution >= 0.6 is 11.6 Å². The summed E-state index contributed by atoms with van der Waals surface area (Å²) in [4.78, 5) is 11.9. The van der Waals surface area contributed by atoms with Gasteiger partial charge in [0.15, 0.2) is 0 Å². The van der Waals surface area contributed by atoms with Gasteiger partial charge in [-0.2, -0.15) is 4.31 Å². The maximum absolute atomic E-state index is 11.9. The Balaban J connectivity index is 2.43. The smallest absolute Gasteiger partial charge is 0.235 e. The van der Waals surface area contributed by atoms with Crippen molar-refractivity contribution in [2.45, 2.75) is 26.2 Å². The Morgan fingerprint density at radius 2 is 2.09 bits per heavy atom. The molecule has 0 fully saturated rings. The maximum atomic E-state index is 11.9. The second-order valence-electron chi connectivity index (χ2n) is 5.18.